The maximum absolute atomic E-state index is 10.1. The first-order valence-electron chi connectivity index (χ1n) is 6.81. The van der Waals surface area contributed by atoms with E-state index in [0.717, 1.165) is 18.4 Å². The second-order valence-corrected chi connectivity index (χ2v) is 5.72. The highest BCUT2D eigenvalue weighted by molar-refractivity contribution is 5.17. The molecule has 1 aromatic rings. The van der Waals surface area contributed by atoms with Crippen molar-refractivity contribution in [2.45, 2.75) is 37.8 Å². The Morgan fingerprint density at radius 1 is 1.11 bits per heavy atom. The van der Waals surface area contributed by atoms with E-state index in [-0.39, 0.29) is 24.0 Å². The number of aliphatic hydroxyl groups is 3. The molecule has 3 N–H and O–H groups in total. The summed E-state index contributed by atoms with van der Waals surface area (Å²) in [4.78, 5) is 0. The quantitative estimate of drug-likeness (QED) is 0.748. The van der Waals surface area contributed by atoms with Gasteiger partial charge < -0.3 is 20.1 Å². The zero-order valence-corrected chi connectivity index (χ0v) is 10.8. The molecule has 0 heterocycles. The zero-order valence-electron chi connectivity index (χ0n) is 10.8. The van der Waals surface area contributed by atoms with Crippen LogP contribution in [-0.2, 0) is 11.3 Å². The third-order valence-corrected chi connectivity index (χ3v) is 4.67. The summed E-state index contributed by atoms with van der Waals surface area (Å²) in [6.45, 7) is 0.332. The van der Waals surface area contributed by atoms with E-state index in [9.17, 15) is 15.3 Å². The fourth-order valence-corrected chi connectivity index (χ4v) is 3.42. The van der Waals surface area contributed by atoms with Gasteiger partial charge >= 0.3 is 0 Å². The van der Waals surface area contributed by atoms with Gasteiger partial charge in [-0.2, -0.15) is 0 Å². The average Bonchev–Trinajstić information content (AvgIpc) is 3.18. The molecule has 2 aliphatic carbocycles. The first-order valence-corrected chi connectivity index (χ1v) is 6.81. The lowest BCUT2D eigenvalue weighted by Crippen LogP contribution is -2.33. The molecule has 4 nitrogen and oxygen atoms in total. The average molecular weight is 264 g/mol. The van der Waals surface area contributed by atoms with Crippen molar-refractivity contribution >= 4 is 0 Å². The van der Waals surface area contributed by atoms with Crippen LogP contribution in [0.1, 0.15) is 18.4 Å². The van der Waals surface area contributed by atoms with Crippen LogP contribution in [0.3, 0.4) is 0 Å². The normalized spacial score (nSPS) is 35.7. The lowest BCUT2D eigenvalue weighted by Gasteiger charge is -2.24. The third-order valence-electron chi connectivity index (χ3n) is 4.67. The molecule has 0 saturated heterocycles. The van der Waals surface area contributed by atoms with Gasteiger partial charge in [-0.3, -0.25) is 0 Å². The lowest BCUT2D eigenvalue weighted by atomic mass is 9.91. The van der Waals surface area contributed by atoms with E-state index in [1.807, 2.05) is 30.3 Å². The van der Waals surface area contributed by atoms with Gasteiger partial charge in [-0.15, -0.1) is 0 Å². The standard InChI is InChI=1S/C15H20O4/c16-8-11-12(17)13(18)14(15(11)6-7-15)19-9-10-4-2-1-3-5-10/h1-5,11-14,16-18H,6-9H2/t11-,12?,13?,14?/m1/s1. The number of aliphatic hydroxyl groups excluding tert-OH is 3. The monoisotopic (exact) mass is 264 g/mol. The van der Waals surface area contributed by atoms with Crippen LogP contribution in [0.2, 0.25) is 0 Å². The van der Waals surface area contributed by atoms with Crippen LogP contribution in [0.15, 0.2) is 30.3 Å². The molecule has 19 heavy (non-hydrogen) atoms. The van der Waals surface area contributed by atoms with Gasteiger partial charge in [0.25, 0.3) is 0 Å². The minimum atomic E-state index is -0.900. The molecule has 4 atom stereocenters. The predicted molar refractivity (Wildman–Crippen MR) is 69.3 cm³/mol. The van der Waals surface area contributed by atoms with Crippen LogP contribution in [0.4, 0.5) is 0 Å². The Morgan fingerprint density at radius 3 is 2.37 bits per heavy atom. The van der Waals surface area contributed by atoms with Crippen LogP contribution in [0, 0.1) is 11.3 Å². The fraction of sp³-hybridized carbons (Fsp3) is 0.600. The largest absolute Gasteiger partial charge is 0.396 e. The predicted octanol–water partition coefficient (Wildman–Crippen LogP) is 0.696. The molecule has 0 aliphatic heterocycles. The SMILES string of the molecule is OC[C@@H]1C(O)C(O)C(OCc2ccccc2)C12CC2. The van der Waals surface area contributed by atoms with Crippen molar-refractivity contribution in [3.63, 3.8) is 0 Å². The summed E-state index contributed by atoms with van der Waals surface area (Å²) in [6, 6.07) is 9.79. The van der Waals surface area contributed by atoms with Crippen molar-refractivity contribution in [3.8, 4) is 0 Å². The lowest BCUT2D eigenvalue weighted by molar-refractivity contribution is -0.0763. The molecular weight excluding hydrogens is 244 g/mol. The zero-order chi connectivity index (χ0) is 13.5. The summed E-state index contributed by atoms with van der Waals surface area (Å²) in [6.07, 6.45) is -0.339. The van der Waals surface area contributed by atoms with E-state index in [4.69, 9.17) is 4.74 Å². The summed E-state index contributed by atoms with van der Waals surface area (Å²) in [5.74, 6) is -0.261. The Bertz CT molecular complexity index is 429. The Morgan fingerprint density at radius 2 is 1.79 bits per heavy atom. The van der Waals surface area contributed by atoms with E-state index in [0.29, 0.717) is 6.61 Å². The Kier molecular flexibility index (Phi) is 3.35. The molecule has 3 unspecified atom stereocenters. The maximum atomic E-state index is 10.1. The first-order chi connectivity index (χ1) is 9.19. The second kappa shape index (κ2) is 4.87. The Hall–Kier alpha value is -0.940. The molecule has 2 fully saturated rings. The van der Waals surface area contributed by atoms with Crippen molar-refractivity contribution < 1.29 is 20.1 Å². The van der Waals surface area contributed by atoms with Crippen LogP contribution >= 0.6 is 0 Å². The molecule has 0 bridgehead atoms. The van der Waals surface area contributed by atoms with Crippen molar-refractivity contribution in [2.24, 2.45) is 11.3 Å². The van der Waals surface area contributed by atoms with Crippen LogP contribution in [0.25, 0.3) is 0 Å². The molecular formula is C15H20O4. The van der Waals surface area contributed by atoms with Crippen LogP contribution in [-0.4, -0.2) is 40.2 Å². The number of benzene rings is 1. The molecule has 104 valence electrons. The van der Waals surface area contributed by atoms with Gasteiger partial charge in [-0.1, -0.05) is 30.3 Å². The van der Waals surface area contributed by atoms with Crippen molar-refractivity contribution in [1.29, 1.82) is 0 Å². The van der Waals surface area contributed by atoms with Crippen molar-refractivity contribution in [3.05, 3.63) is 35.9 Å². The van der Waals surface area contributed by atoms with E-state index < -0.39 is 12.2 Å². The highest BCUT2D eigenvalue weighted by Crippen LogP contribution is 2.62. The molecule has 0 aromatic heterocycles. The molecule has 0 radical (unpaired) electrons. The minimum Gasteiger partial charge on any atom is -0.396 e. The number of hydrogen-bond acceptors (Lipinski definition) is 4. The molecule has 2 aliphatic rings. The van der Waals surface area contributed by atoms with E-state index in [1.54, 1.807) is 0 Å². The summed E-state index contributed by atoms with van der Waals surface area (Å²) < 4.78 is 5.86. The second-order valence-electron chi connectivity index (χ2n) is 5.72. The van der Waals surface area contributed by atoms with Crippen LogP contribution < -0.4 is 0 Å². The van der Waals surface area contributed by atoms with E-state index in [1.165, 1.54) is 0 Å². The number of hydrogen-bond donors (Lipinski definition) is 3. The van der Waals surface area contributed by atoms with Gasteiger partial charge in [0.1, 0.15) is 6.10 Å². The fourth-order valence-electron chi connectivity index (χ4n) is 3.42. The maximum Gasteiger partial charge on any atom is 0.107 e. The van der Waals surface area contributed by atoms with Gasteiger partial charge in [0.15, 0.2) is 0 Å². The molecule has 3 rings (SSSR count). The van der Waals surface area contributed by atoms with Gasteiger partial charge in [0.2, 0.25) is 0 Å². The van der Waals surface area contributed by atoms with Gasteiger partial charge in [0, 0.05) is 17.9 Å². The van der Waals surface area contributed by atoms with Crippen molar-refractivity contribution in [1.82, 2.24) is 0 Å². The number of rotatable bonds is 4. The Balaban J connectivity index is 1.71. The van der Waals surface area contributed by atoms with E-state index >= 15 is 0 Å². The molecule has 1 aromatic carbocycles. The van der Waals surface area contributed by atoms with Gasteiger partial charge in [0.05, 0.1) is 18.8 Å². The third kappa shape index (κ3) is 2.09. The highest BCUT2D eigenvalue weighted by atomic mass is 16.5. The number of ether oxygens (including phenoxy) is 1. The molecule has 1 spiro atoms. The van der Waals surface area contributed by atoms with E-state index in [2.05, 4.69) is 0 Å². The van der Waals surface area contributed by atoms with Crippen molar-refractivity contribution in [2.75, 3.05) is 6.61 Å². The smallest absolute Gasteiger partial charge is 0.107 e. The molecule has 4 heteroatoms. The first kappa shape index (κ1) is 13.1. The summed E-state index contributed by atoms with van der Waals surface area (Å²) in [5, 5.41) is 29.5. The topological polar surface area (TPSA) is 69.9 Å². The van der Waals surface area contributed by atoms with Gasteiger partial charge in [-0.25, -0.2) is 0 Å². The highest BCUT2D eigenvalue weighted by Gasteiger charge is 2.66. The van der Waals surface area contributed by atoms with Crippen LogP contribution in [0.5, 0.6) is 0 Å². The summed E-state index contributed by atoms with van der Waals surface area (Å²) >= 11 is 0. The Labute approximate surface area is 112 Å². The summed E-state index contributed by atoms with van der Waals surface area (Å²) in [7, 11) is 0. The molecule has 2 saturated carbocycles. The van der Waals surface area contributed by atoms with Gasteiger partial charge in [-0.05, 0) is 18.4 Å². The summed E-state index contributed by atoms with van der Waals surface area (Å²) in [5.41, 5.74) is 0.829. The minimum absolute atomic E-state index is 0.0938. The molecule has 0 amide bonds.